The summed E-state index contributed by atoms with van der Waals surface area (Å²) >= 11 is 0. The molecule has 174 valence electrons. The average Bonchev–Trinajstić information content (AvgIpc) is 3.42. The van der Waals surface area contributed by atoms with Crippen LogP contribution in [0.25, 0.3) is 0 Å². The fraction of sp³-hybridized carbons (Fsp3) is 0.520. The molecule has 0 aromatic carbocycles. The Morgan fingerprint density at radius 2 is 2.00 bits per heavy atom. The summed E-state index contributed by atoms with van der Waals surface area (Å²) < 4.78 is 12.5. The van der Waals surface area contributed by atoms with E-state index in [4.69, 9.17) is 9.47 Å². The van der Waals surface area contributed by atoms with Crippen LogP contribution in [0.5, 0.6) is 5.75 Å². The Hall–Kier alpha value is -3.16. The van der Waals surface area contributed by atoms with Gasteiger partial charge in [-0.1, -0.05) is 18.9 Å². The maximum atomic E-state index is 13.2. The third kappa shape index (κ3) is 4.03. The lowest BCUT2D eigenvalue weighted by Crippen LogP contribution is -2.36. The van der Waals surface area contributed by atoms with Crippen LogP contribution < -0.4 is 10.3 Å². The minimum absolute atomic E-state index is 0.121. The highest BCUT2D eigenvalue weighted by atomic mass is 16.5. The molecule has 2 aromatic rings. The van der Waals surface area contributed by atoms with E-state index in [2.05, 4.69) is 4.98 Å². The number of aromatic nitrogens is 2. The van der Waals surface area contributed by atoms with Gasteiger partial charge in [-0.3, -0.25) is 14.6 Å². The van der Waals surface area contributed by atoms with Gasteiger partial charge in [-0.05, 0) is 36.8 Å². The average molecular weight is 452 g/mol. The van der Waals surface area contributed by atoms with Gasteiger partial charge in [0.2, 0.25) is 5.91 Å². The molecule has 0 unspecified atom stereocenters. The van der Waals surface area contributed by atoms with Crippen LogP contribution in [0.2, 0.25) is 0 Å². The second kappa shape index (κ2) is 8.65. The zero-order chi connectivity index (χ0) is 23.0. The van der Waals surface area contributed by atoms with Crippen molar-refractivity contribution in [1.82, 2.24) is 14.5 Å². The molecule has 0 radical (unpaired) electrons. The maximum Gasteiger partial charge on any atom is 0.343 e. The van der Waals surface area contributed by atoms with Crippen molar-refractivity contribution in [2.75, 3.05) is 20.2 Å². The van der Waals surface area contributed by atoms with Crippen molar-refractivity contribution < 1.29 is 19.1 Å². The molecular formula is C25H29N3O5. The number of carbonyl (C=O) groups excluding carboxylic acids is 2. The van der Waals surface area contributed by atoms with E-state index in [1.165, 1.54) is 26.0 Å². The quantitative estimate of drug-likeness (QED) is 0.649. The number of hydrogen-bond acceptors (Lipinski definition) is 6. The SMILES string of the molecule is COC(=O)c1c(OCc2ccccn2)cc(=O)n2c1CCN(C(=O)[C@H]1CC13CCCC3)CC2. The van der Waals surface area contributed by atoms with E-state index in [-0.39, 0.29) is 40.7 Å². The molecule has 3 heterocycles. The highest BCUT2D eigenvalue weighted by Crippen LogP contribution is 2.63. The number of amides is 1. The Morgan fingerprint density at radius 3 is 2.73 bits per heavy atom. The topological polar surface area (TPSA) is 90.7 Å². The van der Waals surface area contributed by atoms with Crippen molar-refractivity contribution in [2.45, 2.75) is 51.7 Å². The van der Waals surface area contributed by atoms with Gasteiger partial charge in [0.15, 0.2) is 0 Å². The smallest absolute Gasteiger partial charge is 0.343 e. The number of fused-ring (bicyclic) bond motifs is 1. The molecule has 1 spiro atoms. The van der Waals surface area contributed by atoms with E-state index in [1.54, 1.807) is 16.8 Å². The summed E-state index contributed by atoms with van der Waals surface area (Å²) in [6.07, 6.45) is 7.79. The Kier molecular flexibility index (Phi) is 5.68. The predicted molar refractivity (Wildman–Crippen MR) is 120 cm³/mol. The summed E-state index contributed by atoms with van der Waals surface area (Å²) in [6, 6.07) is 6.80. The van der Waals surface area contributed by atoms with Gasteiger partial charge in [-0.2, -0.15) is 0 Å². The van der Waals surface area contributed by atoms with Gasteiger partial charge in [0.25, 0.3) is 5.56 Å². The number of pyridine rings is 2. The van der Waals surface area contributed by atoms with Gasteiger partial charge in [-0.25, -0.2) is 4.79 Å². The summed E-state index contributed by atoms with van der Waals surface area (Å²) in [5.74, 6) is -0.0449. The molecule has 5 rings (SSSR count). The van der Waals surface area contributed by atoms with Crippen molar-refractivity contribution in [2.24, 2.45) is 11.3 Å². The van der Waals surface area contributed by atoms with Gasteiger partial charge in [0.05, 0.1) is 12.8 Å². The molecule has 2 aliphatic carbocycles. The molecule has 0 saturated heterocycles. The minimum atomic E-state index is -0.554. The lowest BCUT2D eigenvalue weighted by atomic mass is 10.0. The number of hydrogen-bond donors (Lipinski definition) is 0. The molecule has 8 heteroatoms. The third-order valence-electron chi connectivity index (χ3n) is 7.48. The molecule has 2 aromatic heterocycles. The van der Waals surface area contributed by atoms with Gasteiger partial charge in [0.1, 0.15) is 17.9 Å². The Balaban J connectivity index is 1.39. The molecule has 33 heavy (non-hydrogen) atoms. The fourth-order valence-electron chi connectivity index (χ4n) is 5.59. The number of carbonyl (C=O) groups is 2. The van der Waals surface area contributed by atoms with E-state index in [0.29, 0.717) is 37.4 Å². The second-order valence-corrected chi connectivity index (χ2v) is 9.32. The first-order chi connectivity index (χ1) is 16.0. The fourth-order valence-corrected chi connectivity index (χ4v) is 5.59. The van der Waals surface area contributed by atoms with Crippen LogP contribution in [-0.2, 0) is 29.1 Å². The molecular weight excluding hydrogens is 422 g/mol. The lowest BCUT2D eigenvalue weighted by molar-refractivity contribution is -0.133. The van der Waals surface area contributed by atoms with Crippen LogP contribution in [-0.4, -0.2) is 46.5 Å². The van der Waals surface area contributed by atoms with Gasteiger partial charge >= 0.3 is 5.97 Å². The summed E-state index contributed by atoms with van der Waals surface area (Å²) in [6.45, 7) is 1.41. The number of rotatable bonds is 5. The first-order valence-electron chi connectivity index (χ1n) is 11.7. The molecule has 2 saturated carbocycles. The molecule has 1 atom stereocenters. The van der Waals surface area contributed by atoms with Gasteiger partial charge in [0, 0.05) is 49.9 Å². The summed E-state index contributed by atoms with van der Waals surface area (Å²) in [7, 11) is 1.31. The van der Waals surface area contributed by atoms with E-state index < -0.39 is 5.97 Å². The van der Waals surface area contributed by atoms with Crippen LogP contribution in [0.4, 0.5) is 0 Å². The van der Waals surface area contributed by atoms with Crippen LogP contribution >= 0.6 is 0 Å². The predicted octanol–water partition coefficient (Wildman–Crippen LogP) is 2.57. The number of ether oxygens (including phenoxy) is 2. The number of nitrogens with zero attached hydrogens (tertiary/aromatic N) is 3. The van der Waals surface area contributed by atoms with Crippen molar-refractivity contribution >= 4 is 11.9 Å². The van der Waals surface area contributed by atoms with Crippen LogP contribution in [0.3, 0.4) is 0 Å². The van der Waals surface area contributed by atoms with Crippen LogP contribution in [0, 0.1) is 11.3 Å². The third-order valence-corrected chi connectivity index (χ3v) is 7.48. The Bertz CT molecular complexity index is 1120. The van der Waals surface area contributed by atoms with Crippen LogP contribution in [0.1, 0.15) is 53.8 Å². The van der Waals surface area contributed by atoms with E-state index >= 15 is 0 Å². The first-order valence-corrected chi connectivity index (χ1v) is 11.7. The largest absolute Gasteiger partial charge is 0.486 e. The normalized spacial score (nSPS) is 20.8. The summed E-state index contributed by atoms with van der Waals surface area (Å²) in [5, 5.41) is 0. The Labute approximate surface area is 192 Å². The summed E-state index contributed by atoms with van der Waals surface area (Å²) in [5.41, 5.74) is 1.48. The van der Waals surface area contributed by atoms with E-state index in [0.717, 1.165) is 19.3 Å². The van der Waals surface area contributed by atoms with E-state index in [9.17, 15) is 14.4 Å². The van der Waals surface area contributed by atoms with Crippen LogP contribution in [0.15, 0.2) is 35.3 Å². The molecule has 8 nitrogen and oxygen atoms in total. The zero-order valence-electron chi connectivity index (χ0n) is 18.9. The molecule has 2 fully saturated rings. The minimum Gasteiger partial charge on any atom is -0.486 e. The van der Waals surface area contributed by atoms with Crippen molar-refractivity contribution in [1.29, 1.82) is 0 Å². The van der Waals surface area contributed by atoms with Crippen molar-refractivity contribution in [3.63, 3.8) is 0 Å². The van der Waals surface area contributed by atoms with E-state index in [1.807, 2.05) is 17.0 Å². The summed E-state index contributed by atoms with van der Waals surface area (Å²) in [4.78, 5) is 45.0. The molecule has 1 aliphatic heterocycles. The Morgan fingerprint density at radius 1 is 1.18 bits per heavy atom. The second-order valence-electron chi connectivity index (χ2n) is 9.32. The lowest BCUT2D eigenvalue weighted by Gasteiger charge is -2.21. The van der Waals surface area contributed by atoms with Gasteiger partial charge in [-0.15, -0.1) is 0 Å². The van der Waals surface area contributed by atoms with Crippen molar-refractivity contribution in [3.8, 4) is 5.75 Å². The molecule has 0 bridgehead atoms. The standard InChI is InChI=1S/C25H29N3O5/c1-32-24(31)22-19-7-11-27(23(30)18-15-25(18)8-3-4-9-25)12-13-28(19)21(29)14-20(22)33-16-17-6-2-5-10-26-17/h2,5-6,10,14,18H,3-4,7-9,11-13,15-16H2,1H3/t18-/m1/s1. The maximum absolute atomic E-state index is 13.2. The van der Waals surface area contributed by atoms with Gasteiger partial charge < -0.3 is 18.9 Å². The first kappa shape index (κ1) is 21.7. The monoisotopic (exact) mass is 451 g/mol. The number of esters is 1. The highest BCUT2D eigenvalue weighted by Gasteiger charge is 2.59. The highest BCUT2D eigenvalue weighted by molar-refractivity contribution is 5.93. The molecule has 0 N–H and O–H groups in total. The number of methoxy groups -OCH3 is 1. The molecule has 3 aliphatic rings. The van der Waals surface area contributed by atoms with Crippen molar-refractivity contribution in [3.05, 3.63) is 57.8 Å². The molecule has 1 amide bonds. The zero-order valence-corrected chi connectivity index (χ0v) is 18.9.